The van der Waals surface area contributed by atoms with Crippen molar-refractivity contribution in [1.82, 2.24) is 9.80 Å². The lowest BCUT2D eigenvalue weighted by Crippen LogP contribution is -2.49. The lowest BCUT2D eigenvalue weighted by Gasteiger charge is -2.31. The van der Waals surface area contributed by atoms with Crippen LogP contribution in [0.15, 0.2) is 24.3 Å². The van der Waals surface area contributed by atoms with Gasteiger partial charge in [0.2, 0.25) is 5.91 Å². The number of carboxylic acid groups (broad SMARTS) is 1. The van der Waals surface area contributed by atoms with Gasteiger partial charge in [-0.15, -0.1) is 0 Å². The highest BCUT2D eigenvalue weighted by Gasteiger charge is 2.20. The highest BCUT2D eigenvalue weighted by Crippen LogP contribution is 2.13. The van der Waals surface area contributed by atoms with E-state index in [1.807, 2.05) is 4.90 Å². The molecule has 1 aromatic rings. The molecule has 0 atom stereocenters. The summed E-state index contributed by atoms with van der Waals surface area (Å²) in [5.41, 5.74) is 0.206. The summed E-state index contributed by atoms with van der Waals surface area (Å²) in [6.07, 6.45) is 0. The SMILES string of the molecule is CN1CCN(CCOc2cccc(C(=O)O)c2)CC1=O. The largest absolute Gasteiger partial charge is 0.492 e. The summed E-state index contributed by atoms with van der Waals surface area (Å²) in [6.45, 7) is 3.06. The van der Waals surface area contributed by atoms with Gasteiger partial charge in [0, 0.05) is 26.7 Å². The zero-order valence-corrected chi connectivity index (χ0v) is 11.4. The number of nitrogens with zero attached hydrogens (tertiary/aromatic N) is 2. The molecule has 1 amide bonds. The van der Waals surface area contributed by atoms with E-state index >= 15 is 0 Å². The number of ether oxygens (including phenoxy) is 1. The van der Waals surface area contributed by atoms with E-state index in [-0.39, 0.29) is 11.5 Å². The molecule has 0 aliphatic carbocycles. The summed E-state index contributed by atoms with van der Waals surface area (Å²) >= 11 is 0. The van der Waals surface area contributed by atoms with Gasteiger partial charge in [0.25, 0.3) is 0 Å². The molecule has 108 valence electrons. The Bertz CT molecular complexity index is 504. The monoisotopic (exact) mass is 278 g/mol. The molecule has 1 aliphatic heterocycles. The van der Waals surface area contributed by atoms with Crippen molar-refractivity contribution in [3.63, 3.8) is 0 Å². The van der Waals surface area contributed by atoms with Gasteiger partial charge in [-0.25, -0.2) is 4.79 Å². The fourth-order valence-electron chi connectivity index (χ4n) is 2.01. The summed E-state index contributed by atoms with van der Waals surface area (Å²) in [4.78, 5) is 26.1. The van der Waals surface area contributed by atoms with Crippen LogP contribution < -0.4 is 4.74 Å². The van der Waals surface area contributed by atoms with Crippen LogP contribution in [-0.4, -0.2) is 66.6 Å². The fraction of sp³-hybridized carbons (Fsp3) is 0.429. The number of rotatable bonds is 5. The average molecular weight is 278 g/mol. The minimum atomic E-state index is -0.972. The number of amides is 1. The molecule has 1 heterocycles. The van der Waals surface area contributed by atoms with Crippen molar-refractivity contribution < 1.29 is 19.4 Å². The van der Waals surface area contributed by atoms with Gasteiger partial charge in [-0.05, 0) is 18.2 Å². The van der Waals surface area contributed by atoms with Gasteiger partial charge in [-0.2, -0.15) is 0 Å². The molecular weight excluding hydrogens is 260 g/mol. The zero-order valence-electron chi connectivity index (χ0n) is 11.4. The van der Waals surface area contributed by atoms with Crippen LogP contribution >= 0.6 is 0 Å². The van der Waals surface area contributed by atoms with E-state index in [1.54, 1.807) is 24.1 Å². The molecule has 0 spiro atoms. The quantitative estimate of drug-likeness (QED) is 0.851. The molecule has 6 nitrogen and oxygen atoms in total. The highest BCUT2D eigenvalue weighted by atomic mass is 16.5. The maximum absolute atomic E-state index is 11.5. The van der Waals surface area contributed by atoms with Crippen LogP contribution in [0.25, 0.3) is 0 Å². The molecule has 1 fully saturated rings. The first kappa shape index (κ1) is 14.3. The Labute approximate surface area is 117 Å². The van der Waals surface area contributed by atoms with Crippen LogP contribution in [0.5, 0.6) is 5.75 Å². The molecule has 1 aromatic carbocycles. The number of carbonyl (C=O) groups excluding carboxylic acids is 1. The Morgan fingerprint density at radius 1 is 1.40 bits per heavy atom. The molecule has 20 heavy (non-hydrogen) atoms. The van der Waals surface area contributed by atoms with E-state index in [4.69, 9.17) is 9.84 Å². The molecule has 1 N–H and O–H groups in total. The van der Waals surface area contributed by atoms with E-state index in [0.717, 1.165) is 13.1 Å². The zero-order chi connectivity index (χ0) is 14.5. The molecule has 0 saturated carbocycles. The van der Waals surface area contributed by atoms with Crippen molar-refractivity contribution in [2.75, 3.05) is 39.8 Å². The van der Waals surface area contributed by atoms with Crippen molar-refractivity contribution >= 4 is 11.9 Å². The maximum Gasteiger partial charge on any atom is 0.335 e. The predicted octanol–water partition coefficient (Wildman–Crippen LogP) is 0.538. The van der Waals surface area contributed by atoms with E-state index < -0.39 is 5.97 Å². The number of likely N-dealkylation sites (N-methyl/N-ethyl adjacent to an activating group) is 1. The second-order valence-electron chi connectivity index (χ2n) is 4.77. The first-order valence-electron chi connectivity index (χ1n) is 6.49. The third-order valence-electron chi connectivity index (χ3n) is 3.29. The number of carbonyl (C=O) groups is 2. The van der Waals surface area contributed by atoms with Crippen molar-refractivity contribution in [3.05, 3.63) is 29.8 Å². The summed E-state index contributed by atoms with van der Waals surface area (Å²) in [7, 11) is 1.80. The number of aromatic carboxylic acids is 1. The molecule has 6 heteroatoms. The van der Waals surface area contributed by atoms with E-state index in [0.29, 0.717) is 25.4 Å². The Kier molecular flexibility index (Phi) is 4.57. The number of hydrogen-bond acceptors (Lipinski definition) is 4. The van der Waals surface area contributed by atoms with Gasteiger partial charge in [0.05, 0.1) is 12.1 Å². The van der Waals surface area contributed by atoms with Gasteiger partial charge in [0.1, 0.15) is 12.4 Å². The normalized spacial score (nSPS) is 16.2. The number of benzene rings is 1. The van der Waals surface area contributed by atoms with Crippen molar-refractivity contribution in [2.24, 2.45) is 0 Å². The molecule has 2 rings (SSSR count). The van der Waals surface area contributed by atoms with Gasteiger partial charge in [0.15, 0.2) is 0 Å². The fourth-order valence-corrected chi connectivity index (χ4v) is 2.01. The van der Waals surface area contributed by atoms with Gasteiger partial charge in [-0.3, -0.25) is 9.69 Å². The van der Waals surface area contributed by atoms with Crippen LogP contribution in [-0.2, 0) is 4.79 Å². The molecule has 1 saturated heterocycles. The number of piperazine rings is 1. The standard InChI is InChI=1S/C14H18N2O4/c1-15-5-6-16(10-13(15)17)7-8-20-12-4-2-3-11(9-12)14(18)19/h2-4,9H,5-8,10H2,1H3,(H,18,19). The lowest BCUT2D eigenvalue weighted by molar-refractivity contribution is -0.134. The third kappa shape index (κ3) is 3.71. The maximum atomic E-state index is 11.5. The van der Waals surface area contributed by atoms with E-state index in [1.165, 1.54) is 12.1 Å². The Balaban J connectivity index is 1.80. The number of hydrogen-bond donors (Lipinski definition) is 1. The first-order chi connectivity index (χ1) is 9.56. The molecular formula is C14H18N2O4. The smallest absolute Gasteiger partial charge is 0.335 e. The summed E-state index contributed by atoms with van der Waals surface area (Å²) in [5.74, 6) is -0.324. The van der Waals surface area contributed by atoms with Crippen LogP contribution in [0.4, 0.5) is 0 Å². The second kappa shape index (κ2) is 6.38. The average Bonchev–Trinajstić information content (AvgIpc) is 2.43. The van der Waals surface area contributed by atoms with Crippen LogP contribution in [0.1, 0.15) is 10.4 Å². The van der Waals surface area contributed by atoms with Gasteiger partial charge < -0.3 is 14.7 Å². The van der Waals surface area contributed by atoms with Crippen LogP contribution in [0.2, 0.25) is 0 Å². The minimum Gasteiger partial charge on any atom is -0.492 e. The third-order valence-corrected chi connectivity index (χ3v) is 3.29. The van der Waals surface area contributed by atoms with Crippen molar-refractivity contribution in [3.8, 4) is 5.75 Å². The van der Waals surface area contributed by atoms with Crippen LogP contribution in [0.3, 0.4) is 0 Å². The molecule has 0 aromatic heterocycles. The first-order valence-corrected chi connectivity index (χ1v) is 6.49. The Hall–Kier alpha value is -2.08. The summed E-state index contributed by atoms with van der Waals surface area (Å²) < 4.78 is 5.53. The van der Waals surface area contributed by atoms with Crippen molar-refractivity contribution in [2.45, 2.75) is 0 Å². The van der Waals surface area contributed by atoms with E-state index in [2.05, 4.69) is 0 Å². The van der Waals surface area contributed by atoms with Gasteiger partial charge in [-0.1, -0.05) is 6.07 Å². The Morgan fingerprint density at radius 3 is 2.90 bits per heavy atom. The molecule has 1 aliphatic rings. The van der Waals surface area contributed by atoms with Crippen LogP contribution in [0, 0.1) is 0 Å². The Morgan fingerprint density at radius 2 is 2.20 bits per heavy atom. The summed E-state index contributed by atoms with van der Waals surface area (Å²) in [6, 6.07) is 6.39. The predicted molar refractivity (Wildman–Crippen MR) is 73.0 cm³/mol. The molecule has 0 bridgehead atoms. The minimum absolute atomic E-state index is 0.115. The lowest BCUT2D eigenvalue weighted by atomic mass is 10.2. The second-order valence-corrected chi connectivity index (χ2v) is 4.77. The number of carboxylic acids is 1. The van der Waals surface area contributed by atoms with E-state index in [9.17, 15) is 9.59 Å². The highest BCUT2D eigenvalue weighted by molar-refractivity contribution is 5.88. The van der Waals surface area contributed by atoms with Crippen molar-refractivity contribution in [1.29, 1.82) is 0 Å². The topological polar surface area (TPSA) is 70.1 Å². The van der Waals surface area contributed by atoms with Gasteiger partial charge >= 0.3 is 5.97 Å². The molecule has 0 unspecified atom stereocenters. The summed E-state index contributed by atoms with van der Waals surface area (Å²) in [5, 5.41) is 8.89. The molecule has 0 radical (unpaired) electrons.